The van der Waals surface area contributed by atoms with Gasteiger partial charge in [-0.25, -0.2) is 4.98 Å². The zero-order chi connectivity index (χ0) is 12.6. The zero-order valence-electron chi connectivity index (χ0n) is 10.7. The van der Waals surface area contributed by atoms with E-state index in [9.17, 15) is 4.79 Å². The molecule has 18 heavy (non-hydrogen) atoms. The highest BCUT2D eigenvalue weighted by molar-refractivity contribution is 7.09. The Morgan fingerprint density at radius 1 is 1.61 bits per heavy atom. The van der Waals surface area contributed by atoms with Crippen LogP contribution in [0.2, 0.25) is 0 Å². The Hall–Kier alpha value is -0.940. The van der Waals surface area contributed by atoms with Crippen LogP contribution in [0.1, 0.15) is 36.4 Å². The predicted molar refractivity (Wildman–Crippen MR) is 71.5 cm³/mol. The van der Waals surface area contributed by atoms with Gasteiger partial charge in [-0.1, -0.05) is 0 Å². The number of nitrogens with one attached hydrogen (secondary N) is 2. The molecule has 1 amide bonds. The van der Waals surface area contributed by atoms with E-state index in [0.29, 0.717) is 0 Å². The van der Waals surface area contributed by atoms with Crippen LogP contribution in [-0.2, 0) is 10.3 Å². The minimum Gasteiger partial charge on any atom is -0.344 e. The van der Waals surface area contributed by atoms with Crippen molar-refractivity contribution >= 4 is 17.2 Å². The Balaban J connectivity index is 1.74. The molecular weight excluding hydrogens is 246 g/mol. The van der Waals surface area contributed by atoms with Crippen molar-refractivity contribution in [1.29, 1.82) is 0 Å². The largest absolute Gasteiger partial charge is 0.344 e. The number of hydrogen-bond donors (Lipinski definition) is 2. The van der Waals surface area contributed by atoms with E-state index in [1.54, 1.807) is 11.3 Å². The molecule has 2 aliphatic rings. The molecule has 4 nitrogen and oxygen atoms in total. The van der Waals surface area contributed by atoms with Crippen LogP contribution in [0.5, 0.6) is 0 Å². The van der Waals surface area contributed by atoms with E-state index in [4.69, 9.17) is 0 Å². The Morgan fingerprint density at radius 3 is 2.94 bits per heavy atom. The van der Waals surface area contributed by atoms with E-state index < -0.39 is 0 Å². The molecule has 98 valence electrons. The van der Waals surface area contributed by atoms with Crippen LogP contribution in [0.3, 0.4) is 0 Å². The van der Waals surface area contributed by atoms with E-state index in [1.165, 1.54) is 6.42 Å². The maximum Gasteiger partial charge on any atom is 0.225 e. The van der Waals surface area contributed by atoms with Gasteiger partial charge >= 0.3 is 0 Å². The molecule has 3 rings (SSSR count). The Kier molecular flexibility index (Phi) is 3.11. The van der Waals surface area contributed by atoms with Gasteiger partial charge in [0.2, 0.25) is 5.91 Å². The van der Waals surface area contributed by atoms with Crippen LogP contribution in [0.25, 0.3) is 0 Å². The van der Waals surface area contributed by atoms with Gasteiger partial charge in [-0.05, 0) is 39.2 Å². The number of aromatic nitrogens is 1. The van der Waals surface area contributed by atoms with Crippen molar-refractivity contribution in [1.82, 2.24) is 15.6 Å². The van der Waals surface area contributed by atoms with E-state index in [0.717, 1.165) is 43.1 Å². The molecule has 1 aromatic rings. The number of carbonyl (C=O) groups excluding carboxylic acids is 1. The van der Waals surface area contributed by atoms with Crippen LogP contribution < -0.4 is 10.6 Å². The number of amides is 1. The molecular formula is C13H19N3OS. The van der Waals surface area contributed by atoms with Gasteiger partial charge in [0.15, 0.2) is 0 Å². The van der Waals surface area contributed by atoms with Crippen molar-refractivity contribution in [2.75, 3.05) is 13.1 Å². The minimum atomic E-state index is -0.154. The topological polar surface area (TPSA) is 54.0 Å². The van der Waals surface area contributed by atoms with Gasteiger partial charge in [0.25, 0.3) is 0 Å². The van der Waals surface area contributed by atoms with Crippen LogP contribution in [0, 0.1) is 12.8 Å². The zero-order valence-corrected chi connectivity index (χ0v) is 11.5. The fraction of sp³-hybridized carbons (Fsp3) is 0.692. The maximum atomic E-state index is 12.3. The first-order chi connectivity index (χ1) is 8.70. The lowest BCUT2D eigenvalue weighted by Crippen LogP contribution is -2.52. The number of carbonyl (C=O) groups is 1. The highest BCUT2D eigenvalue weighted by atomic mass is 32.1. The van der Waals surface area contributed by atoms with E-state index in [2.05, 4.69) is 21.0 Å². The molecule has 1 aromatic heterocycles. The van der Waals surface area contributed by atoms with Crippen molar-refractivity contribution in [2.24, 2.45) is 5.92 Å². The smallest absolute Gasteiger partial charge is 0.225 e. The highest BCUT2D eigenvalue weighted by Crippen LogP contribution is 2.42. The number of rotatable bonds is 3. The summed E-state index contributed by atoms with van der Waals surface area (Å²) in [6, 6.07) is 0. The summed E-state index contributed by atoms with van der Waals surface area (Å²) >= 11 is 1.68. The van der Waals surface area contributed by atoms with E-state index >= 15 is 0 Å². The van der Waals surface area contributed by atoms with Gasteiger partial charge < -0.3 is 10.6 Å². The second-order valence-electron chi connectivity index (χ2n) is 5.41. The van der Waals surface area contributed by atoms with Crippen LogP contribution in [-0.4, -0.2) is 24.0 Å². The van der Waals surface area contributed by atoms with Crippen molar-refractivity contribution in [3.05, 3.63) is 16.1 Å². The van der Waals surface area contributed by atoms with Crippen molar-refractivity contribution in [3.63, 3.8) is 0 Å². The molecule has 0 bridgehead atoms. The molecule has 1 unspecified atom stereocenters. The van der Waals surface area contributed by atoms with Crippen molar-refractivity contribution in [3.8, 4) is 0 Å². The average molecular weight is 265 g/mol. The van der Waals surface area contributed by atoms with Crippen LogP contribution >= 0.6 is 11.3 Å². The third kappa shape index (κ3) is 2.06. The third-order valence-corrected chi connectivity index (χ3v) is 5.19. The van der Waals surface area contributed by atoms with Crippen molar-refractivity contribution < 1.29 is 4.79 Å². The SMILES string of the molecule is Cc1csc(C2(NC(=O)C3CCNC3)CCC2)n1. The van der Waals surface area contributed by atoms with E-state index in [-0.39, 0.29) is 17.4 Å². The average Bonchev–Trinajstić information content (AvgIpc) is 2.93. The fourth-order valence-electron chi connectivity index (χ4n) is 2.71. The summed E-state index contributed by atoms with van der Waals surface area (Å²) in [7, 11) is 0. The predicted octanol–water partition coefficient (Wildman–Crippen LogP) is 1.56. The first-order valence-corrected chi connectivity index (χ1v) is 7.53. The number of thiazole rings is 1. The number of hydrogen-bond acceptors (Lipinski definition) is 4. The first-order valence-electron chi connectivity index (χ1n) is 6.65. The standard InChI is InChI=1S/C13H19N3OS/c1-9-8-18-12(15-9)13(4-2-5-13)16-11(17)10-3-6-14-7-10/h8,10,14H,2-7H2,1H3,(H,16,17). The number of nitrogens with zero attached hydrogens (tertiary/aromatic N) is 1. The molecule has 0 radical (unpaired) electrons. The lowest BCUT2D eigenvalue weighted by atomic mass is 9.76. The molecule has 1 aliphatic heterocycles. The molecule has 0 spiro atoms. The second kappa shape index (κ2) is 4.63. The lowest BCUT2D eigenvalue weighted by Gasteiger charge is -2.41. The lowest BCUT2D eigenvalue weighted by molar-refractivity contribution is -0.127. The summed E-state index contributed by atoms with van der Waals surface area (Å²) in [6.07, 6.45) is 4.21. The fourth-order valence-corrected chi connectivity index (χ4v) is 3.73. The highest BCUT2D eigenvalue weighted by Gasteiger charge is 2.43. The summed E-state index contributed by atoms with van der Waals surface area (Å²) < 4.78 is 0. The summed E-state index contributed by atoms with van der Waals surface area (Å²) in [5.74, 6) is 0.344. The normalized spacial score (nSPS) is 25.7. The molecule has 2 N–H and O–H groups in total. The monoisotopic (exact) mass is 265 g/mol. The summed E-state index contributed by atoms with van der Waals surface area (Å²) in [6.45, 7) is 3.79. The Bertz CT molecular complexity index is 447. The van der Waals surface area contributed by atoms with Gasteiger partial charge in [0.05, 0.1) is 11.5 Å². The minimum absolute atomic E-state index is 0.142. The molecule has 2 heterocycles. The molecule has 1 atom stereocenters. The summed E-state index contributed by atoms with van der Waals surface area (Å²) in [4.78, 5) is 16.8. The maximum absolute atomic E-state index is 12.3. The van der Waals surface area contributed by atoms with Gasteiger partial charge in [0.1, 0.15) is 5.01 Å². The van der Waals surface area contributed by atoms with Crippen LogP contribution in [0.4, 0.5) is 0 Å². The molecule has 0 aromatic carbocycles. The van der Waals surface area contributed by atoms with Gasteiger partial charge in [0, 0.05) is 17.6 Å². The van der Waals surface area contributed by atoms with Crippen LogP contribution in [0.15, 0.2) is 5.38 Å². The summed E-state index contributed by atoms with van der Waals surface area (Å²) in [5, 5.41) is 9.67. The van der Waals surface area contributed by atoms with Gasteiger partial charge in [-0.2, -0.15) is 0 Å². The Morgan fingerprint density at radius 2 is 2.44 bits per heavy atom. The molecule has 1 saturated carbocycles. The van der Waals surface area contributed by atoms with Gasteiger partial charge in [-0.3, -0.25) is 4.79 Å². The van der Waals surface area contributed by atoms with Crippen molar-refractivity contribution in [2.45, 2.75) is 38.1 Å². The molecule has 1 aliphatic carbocycles. The molecule has 5 heteroatoms. The first kappa shape index (κ1) is 12.1. The third-order valence-electron chi connectivity index (χ3n) is 4.03. The number of aryl methyl sites for hydroxylation is 1. The molecule has 2 fully saturated rings. The Labute approximate surface area is 111 Å². The quantitative estimate of drug-likeness (QED) is 0.872. The van der Waals surface area contributed by atoms with E-state index in [1.807, 2.05) is 6.92 Å². The summed E-state index contributed by atoms with van der Waals surface area (Å²) in [5.41, 5.74) is 0.900. The second-order valence-corrected chi connectivity index (χ2v) is 6.27. The molecule has 1 saturated heterocycles. The van der Waals surface area contributed by atoms with Gasteiger partial charge in [-0.15, -0.1) is 11.3 Å².